The lowest BCUT2D eigenvalue weighted by Gasteiger charge is -2.38. The van der Waals surface area contributed by atoms with Crippen molar-refractivity contribution in [1.82, 2.24) is 0 Å². The summed E-state index contributed by atoms with van der Waals surface area (Å²) in [5.41, 5.74) is 3.44. The Kier molecular flexibility index (Phi) is 7.32. The second-order valence-electron chi connectivity index (χ2n) is 12.3. The van der Waals surface area contributed by atoms with E-state index in [1.54, 1.807) is 0 Å². The summed E-state index contributed by atoms with van der Waals surface area (Å²) in [6.45, 7) is 6.92. The summed E-state index contributed by atoms with van der Waals surface area (Å²) in [6, 6.07) is 37.7. The molecule has 6 rings (SSSR count). The summed E-state index contributed by atoms with van der Waals surface area (Å²) in [5, 5.41) is 0. The number of carbonyl (C=O) groups is 2. The molecular formula is C38H36N2O2. The second-order valence-corrected chi connectivity index (χ2v) is 12.3. The van der Waals surface area contributed by atoms with Crippen LogP contribution in [0.3, 0.4) is 0 Å². The molecule has 42 heavy (non-hydrogen) atoms. The average molecular weight is 553 g/mol. The largest absolute Gasteiger partial charge is 0.287 e. The van der Waals surface area contributed by atoms with Gasteiger partial charge >= 0.3 is 0 Å². The van der Waals surface area contributed by atoms with Crippen molar-refractivity contribution in [3.63, 3.8) is 0 Å². The number of benzene rings is 4. The Morgan fingerprint density at radius 3 is 1.38 bits per heavy atom. The number of nitrogens with zero attached hydrogens (tertiary/aromatic N) is 2. The van der Waals surface area contributed by atoms with Crippen LogP contribution in [0.1, 0.15) is 65.5 Å². The summed E-state index contributed by atoms with van der Waals surface area (Å²) in [6.07, 6.45) is 2.01. The van der Waals surface area contributed by atoms with Crippen LogP contribution in [0, 0.1) is 16.7 Å². The molecular weight excluding hydrogens is 516 g/mol. The maximum absolute atomic E-state index is 14.0. The smallest absolute Gasteiger partial charge is 0.211 e. The number of carbonyl (C=O) groups excluding carboxylic acids is 2. The molecule has 0 unspecified atom stereocenters. The molecule has 0 amide bonds. The van der Waals surface area contributed by atoms with Crippen LogP contribution in [0.5, 0.6) is 0 Å². The molecule has 4 aromatic carbocycles. The molecule has 210 valence electrons. The molecule has 0 aliphatic heterocycles. The summed E-state index contributed by atoms with van der Waals surface area (Å²) in [7, 11) is 0. The van der Waals surface area contributed by atoms with Gasteiger partial charge in [0.25, 0.3) is 0 Å². The normalized spacial score (nSPS) is 24.9. The Bertz CT molecular complexity index is 1640. The zero-order valence-corrected chi connectivity index (χ0v) is 24.4. The molecule has 0 spiro atoms. The van der Waals surface area contributed by atoms with Gasteiger partial charge in [0.15, 0.2) is 0 Å². The van der Waals surface area contributed by atoms with Crippen LogP contribution in [0.2, 0.25) is 0 Å². The van der Waals surface area contributed by atoms with Crippen LogP contribution >= 0.6 is 0 Å². The lowest BCUT2D eigenvalue weighted by Crippen LogP contribution is -2.40. The Balaban J connectivity index is 1.53. The molecule has 4 heteroatoms. The fourth-order valence-electron chi connectivity index (χ4n) is 7.13. The molecule has 4 nitrogen and oxygen atoms in total. The van der Waals surface area contributed by atoms with E-state index in [4.69, 9.17) is 9.98 Å². The summed E-state index contributed by atoms with van der Waals surface area (Å²) in [5.74, 6) is 0.0265. The van der Waals surface area contributed by atoms with Gasteiger partial charge in [-0.15, -0.1) is 0 Å². The highest BCUT2D eigenvalue weighted by atomic mass is 16.1. The van der Waals surface area contributed by atoms with Crippen molar-refractivity contribution in [3.8, 4) is 0 Å². The predicted octanol–water partition coefficient (Wildman–Crippen LogP) is 7.92. The van der Waals surface area contributed by atoms with Gasteiger partial charge in [-0.3, -0.25) is 19.6 Å². The third-order valence-electron chi connectivity index (χ3n) is 9.91. The highest BCUT2D eigenvalue weighted by molar-refractivity contribution is 6.52. The van der Waals surface area contributed by atoms with Crippen molar-refractivity contribution in [2.45, 2.75) is 45.7 Å². The lowest BCUT2D eigenvalue weighted by atomic mass is 9.69. The van der Waals surface area contributed by atoms with Crippen LogP contribution < -0.4 is 0 Å². The lowest BCUT2D eigenvalue weighted by molar-refractivity contribution is 0.105. The van der Waals surface area contributed by atoms with Crippen LogP contribution in [-0.2, 0) is 0 Å². The fraction of sp³-hybridized carbons (Fsp3) is 0.263. The van der Waals surface area contributed by atoms with Crippen molar-refractivity contribution >= 4 is 23.0 Å². The van der Waals surface area contributed by atoms with E-state index in [0.717, 1.165) is 24.0 Å². The zero-order valence-electron chi connectivity index (χ0n) is 24.4. The molecule has 0 saturated heterocycles. The third-order valence-corrected chi connectivity index (χ3v) is 9.91. The van der Waals surface area contributed by atoms with Crippen molar-refractivity contribution in [2.75, 3.05) is 0 Å². The molecule has 2 aliphatic rings. The second kappa shape index (κ2) is 11.1. The first-order valence-corrected chi connectivity index (χ1v) is 14.8. The van der Waals surface area contributed by atoms with E-state index < -0.39 is 0 Å². The number of rotatable bonds is 8. The minimum Gasteiger partial charge on any atom is -0.287 e. The summed E-state index contributed by atoms with van der Waals surface area (Å²) >= 11 is 0. The van der Waals surface area contributed by atoms with E-state index in [1.807, 2.05) is 121 Å². The van der Waals surface area contributed by atoms with E-state index in [9.17, 15) is 9.59 Å². The molecule has 2 fully saturated rings. The van der Waals surface area contributed by atoms with Gasteiger partial charge < -0.3 is 0 Å². The first-order chi connectivity index (χ1) is 20.3. The van der Waals surface area contributed by atoms with Crippen molar-refractivity contribution in [1.29, 1.82) is 0 Å². The van der Waals surface area contributed by atoms with Gasteiger partial charge in [-0.1, -0.05) is 142 Å². The fourth-order valence-corrected chi connectivity index (χ4v) is 7.13. The number of hydrogen-bond acceptors (Lipinski definition) is 4. The summed E-state index contributed by atoms with van der Waals surface area (Å²) < 4.78 is 0. The molecule has 4 atom stereocenters. The first-order valence-electron chi connectivity index (χ1n) is 14.8. The Labute approximate surface area is 248 Å². The molecule has 2 saturated carbocycles. The SMILES string of the molecule is CC1(C)[C@H]2CC[C@@]1(C)[C@@H](N=C(C(=O)c1ccccc1)c1ccccc1)[C@@H]2N=C(C(=O)c1ccccc1)c1ccccc1. The molecule has 0 aromatic heterocycles. The van der Waals surface area contributed by atoms with Crippen molar-refractivity contribution in [2.24, 2.45) is 26.7 Å². The minimum atomic E-state index is -0.267. The molecule has 2 aliphatic carbocycles. The predicted molar refractivity (Wildman–Crippen MR) is 170 cm³/mol. The standard InChI is InChI=1S/C38H36N2O2/c1-37(2)30-24-25-38(37,3)36(40-32(27-18-10-5-11-19-27)35(42)29-22-14-7-15-23-29)33(30)39-31(26-16-8-4-9-17-26)34(41)28-20-12-6-13-21-28/h4-23,30,33,36H,24-25H2,1-3H3/t30-,33+,36-,38-/m0/s1. The first kappa shape index (κ1) is 27.7. The van der Waals surface area contributed by atoms with E-state index in [-0.39, 0.29) is 40.4 Å². The number of hydrogen-bond donors (Lipinski definition) is 0. The number of aliphatic imine (C=N–C) groups is 2. The summed E-state index contributed by atoms with van der Waals surface area (Å²) in [4.78, 5) is 38.8. The van der Waals surface area contributed by atoms with Gasteiger partial charge in [0.2, 0.25) is 11.6 Å². The van der Waals surface area contributed by atoms with Gasteiger partial charge in [-0.25, -0.2) is 0 Å². The van der Waals surface area contributed by atoms with Crippen LogP contribution in [0.15, 0.2) is 131 Å². The molecule has 0 N–H and O–H groups in total. The highest BCUT2D eigenvalue weighted by Gasteiger charge is 2.66. The number of ketones is 2. The van der Waals surface area contributed by atoms with Crippen molar-refractivity contribution < 1.29 is 9.59 Å². The van der Waals surface area contributed by atoms with Gasteiger partial charge in [0.05, 0.1) is 12.1 Å². The average Bonchev–Trinajstić information content (AvgIpc) is 3.36. The number of Topliss-reactive ketones (excluding diaryl/α,β-unsaturated/α-hetero) is 2. The Morgan fingerprint density at radius 2 is 0.952 bits per heavy atom. The maximum atomic E-state index is 14.0. The van der Waals surface area contributed by atoms with E-state index >= 15 is 0 Å². The van der Waals surface area contributed by atoms with Crippen LogP contribution in [0.25, 0.3) is 0 Å². The monoisotopic (exact) mass is 552 g/mol. The Hall–Kier alpha value is -4.44. The van der Waals surface area contributed by atoms with E-state index in [1.165, 1.54) is 0 Å². The molecule has 0 heterocycles. The highest BCUT2D eigenvalue weighted by Crippen LogP contribution is 2.67. The topological polar surface area (TPSA) is 58.9 Å². The Morgan fingerprint density at radius 1 is 0.571 bits per heavy atom. The van der Waals surface area contributed by atoms with Crippen molar-refractivity contribution in [3.05, 3.63) is 144 Å². The third kappa shape index (κ3) is 4.75. The zero-order chi connectivity index (χ0) is 29.3. The van der Waals surface area contributed by atoms with E-state index in [0.29, 0.717) is 22.6 Å². The van der Waals surface area contributed by atoms with Gasteiger partial charge in [-0.05, 0) is 29.6 Å². The van der Waals surface area contributed by atoms with Crippen LogP contribution in [0.4, 0.5) is 0 Å². The van der Waals surface area contributed by atoms with Gasteiger partial charge in [0, 0.05) is 22.3 Å². The van der Waals surface area contributed by atoms with Crippen LogP contribution in [-0.4, -0.2) is 35.1 Å². The molecule has 2 bridgehead atoms. The number of fused-ring (bicyclic) bond motifs is 2. The van der Waals surface area contributed by atoms with E-state index in [2.05, 4.69) is 20.8 Å². The molecule has 0 radical (unpaired) electrons. The minimum absolute atomic E-state index is 0.0789. The van der Waals surface area contributed by atoms with Gasteiger partial charge in [0.1, 0.15) is 11.4 Å². The maximum Gasteiger partial charge on any atom is 0.211 e. The quantitative estimate of drug-likeness (QED) is 0.165. The van der Waals surface area contributed by atoms with Gasteiger partial charge in [-0.2, -0.15) is 0 Å². The molecule has 4 aromatic rings.